The maximum absolute atomic E-state index is 12.8. The molecule has 0 radical (unpaired) electrons. The van der Waals surface area contributed by atoms with Gasteiger partial charge in [-0.15, -0.1) is 0 Å². The third-order valence-corrected chi connectivity index (χ3v) is 5.54. The molecule has 32 heavy (non-hydrogen) atoms. The molecule has 6 nitrogen and oxygen atoms in total. The summed E-state index contributed by atoms with van der Waals surface area (Å²) < 4.78 is 16.2. The van der Waals surface area contributed by atoms with Gasteiger partial charge in [0.2, 0.25) is 5.75 Å². The topological polar surface area (TPSA) is 69.7 Å². The fourth-order valence-corrected chi connectivity index (χ4v) is 3.78. The molecule has 3 rings (SSSR count). The van der Waals surface area contributed by atoms with Crippen LogP contribution in [0.5, 0.6) is 17.2 Å². The molecule has 1 atom stereocenters. The number of aromatic nitrogens is 1. The highest BCUT2D eigenvalue weighted by Gasteiger charge is 2.21. The normalized spacial score (nSPS) is 11.5. The van der Waals surface area contributed by atoms with Crippen LogP contribution in [0.4, 0.5) is 0 Å². The van der Waals surface area contributed by atoms with Gasteiger partial charge in [0.1, 0.15) is 0 Å². The zero-order chi connectivity index (χ0) is 23.1. The first-order valence-corrected chi connectivity index (χ1v) is 10.6. The van der Waals surface area contributed by atoms with Crippen molar-refractivity contribution in [3.05, 3.63) is 71.0 Å². The molecule has 1 unspecified atom stereocenters. The number of aryl methyl sites for hydroxylation is 1. The van der Waals surface area contributed by atoms with Gasteiger partial charge in [0.25, 0.3) is 5.91 Å². The summed E-state index contributed by atoms with van der Waals surface area (Å²) in [7, 11) is 4.56. The second kappa shape index (κ2) is 10.9. The summed E-state index contributed by atoms with van der Waals surface area (Å²) in [5.41, 5.74) is 2.98. The summed E-state index contributed by atoms with van der Waals surface area (Å²) in [5, 5.41) is 3.39. The van der Waals surface area contributed by atoms with E-state index in [1.165, 1.54) is 33.1 Å². The maximum Gasteiger partial charge on any atom is 0.253 e. The van der Waals surface area contributed by atoms with E-state index in [2.05, 4.69) is 22.4 Å². The molecule has 1 amide bonds. The molecule has 0 saturated carbocycles. The van der Waals surface area contributed by atoms with Crippen LogP contribution in [0.3, 0.4) is 0 Å². The highest BCUT2D eigenvalue weighted by molar-refractivity contribution is 6.35. The lowest BCUT2D eigenvalue weighted by molar-refractivity contribution is 0.0938. The first-order chi connectivity index (χ1) is 15.5. The molecule has 168 valence electrons. The van der Waals surface area contributed by atoms with Crippen LogP contribution < -0.4 is 19.5 Å². The monoisotopic (exact) mass is 454 g/mol. The van der Waals surface area contributed by atoms with Crippen LogP contribution >= 0.6 is 11.6 Å². The Hall–Kier alpha value is -3.25. The number of pyridine rings is 1. The van der Waals surface area contributed by atoms with Gasteiger partial charge in [0, 0.05) is 29.6 Å². The van der Waals surface area contributed by atoms with E-state index < -0.39 is 0 Å². The zero-order valence-corrected chi connectivity index (χ0v) is 19.4. The van der Waals surface area contributed by atoms with Crippen molar-refractivity contribution in [2.45, 2.75) is 25.8 Å². The molecular formula is C25H27ClN2O4. The zero-order valence-electron chi connectivity index (χ0n) is 18.6. The Morgan fingerprint density at radius 2 is 1.75 bits per heavy atom. The second-order valence-electron chi connectivity index (χ2n) is 7.37. The van der Waals surface area contributed by atoms with Crippen molar-refractivity contribution in [3.63, 3.8) is 0 Å². The predicted octanol–water partition coefficient (Wildman–Crippen LogP) is 5.18. The average Bonchev–Trinajstić information content (AvgIpc) is 2.83. The van der Waals surface area contributed by atoms with Crippen LogP contribution in [0.1, 0.15) is 29.3 Å². The van der Waals surface area contributed by atoms with Crippen molar-refractivity contribution in [3.8, 4) is 28.4 Å². The van der Waals surface area contributed by atoms with Crippen LogP contribution in [0.15, 0.2) is 54.9 Å². The lowest BCUT2D eigenvalue weighted by Crippen LogP contribution is -2.33. The molecule has 1 N–H and O–H groups in total. The van der Waals surface area contributed by atoms with Crippen molar-refractivity contribution in [1.82, 2.24) is 10.3 Å². The highest BCUT2D eigenvalue weighted by Crippen LogP contribution is 2.47. The quantitative estimate of drug-likeness (QED) is 0.482. The number of rotatable bonds is 9. The van der Waals surface area contributed by atoms with Crippen LogP contribution in [0.25, 0.3) is 11.1 Å². The maximum atomic E-state index is 12.8. The molecule has 1 heterocycles. The van der Waals surface area contributed by atoms with Crippen molar-refractivity contribution in [1.29, 1.82) is 0 Å². The lowest BCUT2D eigenvalue weighted by Gasteiger charge is -2.17. The van der Waals surface area contributed by atoms with E-state index in [1.807, 2.05) is 25.1 Å². The molecule has 0 fully saturated rings. The number of nitrogens with one attached hydrogen (secondary N) is 1. The minimum atomic E-state index is -0.191. The van der Waals surface area contributed by atoms with E-state index in [4.69, 9.17) is 25.8 Å². The Kier molecular flexibility index (Phi) is 7.95. The Morgan fingerprint density at radius 3 is 2.41 bits per heavy atom. The average molecular weight is 455 g/mol. The number of hydrogen-bond acceptors (Lipinski definition) is 5. The number of halogens is 1. The Labute approximate surface area is 193 Å². The van der Waals surface area contributed by atoms with Crippen molar-refractivity contribution < 1.29 is 19.0 Å². The number of nitrogens with zero attached hydrogens (tertiary/aromatic N) is 1. The molecule has 0 bridgehead atoms. The van der Waals surface area contributed by atoms with E-state index in [0.29, 0.717) is 39.0 Å². The fraction of sp³-hybridized carbons (Fsp3) is 0.280. The molecule has 0 aliphatic heterocycles. The molecule has 7 heteroatoms. The van der Waals surface area contributed by atoms with Crippen LogP contribution in [0.2, 0.25) is 5.02 Å². The number of carbonyl (C=O) groups excluding carboxylic acids is 1. The van der Waals surface area contributed by atoms with Gasteiger partial charge in [-0.05, 0) is 37.5 Å². The third-order valence-electron chi connectivity index (χ3n) is 5.17. The van der Waals surface area contributed by atoms with E-state index >= 15 is 0 Å². The van der Waals surface area contributed by atoms with Gasteiger partial charge in [-0.25, -0.2) is 0 Å². The number of carbonyl (C=O) groups is 1. The smallest absolute Gasteiger partial charge is 0.253 e. The van der Waals surface area contributed by atoms with Gasteiger partial charge < -0.3 is 19.5 Å². The second-order valence-corrected chi connectivity index (χ2v) is 7.75. The minimum absolute atomic E-state index is 0.0103. The summed E-state index contributed by atoms with van der Waals surface area (Å²) in [4.78, 5) is 17.1. The van der Waals surface area contributed by atoms with Crippen LogP contribution in [-0.2, 0) is 6.42 Å². The number of amides is 1. The first-order valence-electron chi connectivity index (χ1n) is 10.3. The van der Waals surface area contributed by atoms with Crippen molar-refractivity contribution in [2.24, 2.45) is 0 Å². The molecular weight excluding hydrogens is 428 g/mol. The molecule has 0 aliphatic rings. The van der Waals surface area contributed by atoms with Gasteiger partial charge in [0.05, 0.1) is 31.9 Å². The molecule has 2 aromatic carbocycles. The Balaban J connectivity index is 1.80. The number of ether oxygens (including phenoxy) is 3. The lowest BCUT2D eigenvalue weighted by atomic mass is 10.0. The SMILES string of the molecule is COc1cc(-c2cncc(C(=O)NC(C)CCc3ccccc3)c2)c(Cl)c(OC)c1OC. The minimum Gasteiger partial charge on any atom is -0.493 e. The number of hydrogen-bond donors (Lipinski definition) is 1. The molecule has 0 spiro atoms. The summed E-state index contributed by atoms with van der Waals surface area (Å²) in [6.45, 7) is 1.99. The fourth-order valence-electron chi connectivity index (χ4n) is 3.45. The van der Waals surface area contributed by atoms with Gasteiger partial charge in [-0.2, -0.15) is 0 Å². The van der Waals surface area contributed by atoms with E-state index in [-0.39, 0.29) is 11.9 Å². The van der Waals surface area contributed by atoms with Gasteiger partial charge in [0.15, 0.2) is 11.5 Å². The van der Waals surface area contributed by atoms with Gasteiger partial charge in [-0.1, -0.05) is 41.9 Å². The number of benzene rings is 2. The van der Waals surface area contributed by atoms with Crippen LogP contribution in [-0.4, -0.2) is 38.3 Å². The van der Waals surface area contributed by atoms with E-state index in [1.54, 1.807) is 18.3 Å². The largest absolute Gasteiger partial charge is 0.493 e. The van der Waals surface area contributed by atoms with Gasteiger partial charge in [-0.3, -0.25) is 9.78 Å². The summed E-state index contributed by atoms with van der Waals surface area (Å²) in [6.07, 6.45) is 4.90. The van der Waals surface area contributed by atoms with Gasteiger partial charge >= 0.3 is 0 Å². The molecule has 0 aliphatic carbocycles. The summed E-state index contributed by atoms with van der Waals surface area (Å²) >= 11 is 6.58. The highest BCUT2D eigenvalue weighted by atomic mass is 35.5. The summed E-state index contributed by atoms with van der Waals surface area (Å²) in [5.74, 6) is 1.03. The Bertz CT molecular complexity index is 1070. The van der Waals surface area contributed by atoms with E-state index in [9.17, 15) is 4.79 Å². The van der Waals surface area contributed by atoms with Crippen LogP contribution in [0, 0.1) is 0 Å². The molecule has 3 aromatic rings. The third kappa shape index (κ3) is 5.32. The molecule has 0 saturated heterocycles. The van der Waals surface area contributed by atoms with E-state index in [0.717, 1.165) is 12.8 Å². The Morgan fingerprint density at radius 1 is 1.03 bits per heavy atom. The standard InChI is InChI=1S/C25H27ClN2O4/c1-16(10-11-17-8-6-5-7-9-17)28-25(29)19-12-18(14-27-15-19)20-13-21(30-2)23(31-3)24(32-4)22(20)26/h5-9,12-16H,10-11H2,1-4H3,(H,28,29). The predicted molar refractivity (Wildman–Crippen MR) is 126 cm³/mol. The molecule has 1 aromatic heterocycles. The first kappa shape index (κ1) is 23.4. The summed E-state index contributed by atoms with van der Waals surface area (Å²) in [6, 6.07) is 13.7. The van der Waals surface area contributed by atoms with Crippen molar-refractivity contribution in [2.75, 3.05) is 21.3 Å². The van der Waals surface area contributed by atoms with Crippen molar-refractivity contribution >= 4 is 17.5 Å². The number of methoxy groups -OCH3 is 3.